The lowest BCUT2D eigenvalue weighted by Crippen LogP contribution is -2.41. The Hall–Kier alpha value is -3.03. The zero-order valence-electron chi connectivity index (χ0n) is 20.7. The van der Waals surface area contributed by atoms with Crippen molar-refractivity contribution in [3.05, 3.63) is 88.4 Å². The highest BCUT2D eigenvalue weighted by Crippen LogP contribution is 2.29. The van der Waals surface area contributed by atoms with Gasteiger partial charge in [-0.25, -0.2) is 8.42 Å². The number of halogens is 1. The molecule has 1 N–H and O–H groups in total. The van der Waals surface area contributed by atoms with Crippen molar-refractivity contribution in [1.82, 2.24) is 5.32 Å². The average molecular weight is 526 g/mol. The Balaban J connectivity index is 1.50. The van der Waals surface area contributed by atoms with Gasteiger partial charge in [0.2, 0.25) is 5.91 Å². The van der Waals surface area contributed by atoms with Crippen LogP contribution in [-0.2, 0) is 21.4 Å². The fourth-order valence-electron chi connectivity index (χ4n) is 4.35. The van der Waals surface area contributed by atoms with Crippen molar-refractivity contribution in [2.75, 3.05) is 28.8 Å². The molecule has 1 aliphatic heterocycles. The number of piperidine rings is 1. The van der Waals surface area contributed by atoms with Crippen molar-refractivity contribution in [2.24, 2.45) is 0 Å². The minimum absolute atomic E-state index is 0.119. The predicted octanol–water partition coefficient (Wildman–Crippen LogP) is 5.46. The van der Waals surface area contributed by atoms with E-state index in [2.05, 4.69) is 22.3 Å². The molecular formula is C28H32ClN3O3S. The number of carbonyl (C=O) groups is 1. The Morgan fingerprint density at radius 1 is 0.944 bits per heavy atom. The number of hydrogen-bond donors (Lipinski definition) is 1. The molecule has 1 aliphatic rings. The summed E-state index contributed by atoms with van der Waals surface area (Å²) in [7, 11) is -4.00. The number of benzene rings is 3. The summed E-state index contributed by atoms with van der Waals surface area (Å²) < 4.78 is 28.3. The molecule has 3 aromatic carbocycles. The molecule has 0 radical (unpaired) electrons. The molecule has 1 fully saturated rings. The van der Waals surface area contributed by atoms with Gasteiger partial charge in [-0.05, 0) is 80.6 Å². The van der Waals surface area contributed by atoms with Crippen molar-refractivity contribution in [2.45, 2.75) is 44.6 Å². The lowest BCUT2D eigenvalue weighted by molar-refractivity contribution is -0.119. The lowest BCUT2D eigenvalue weighted by atomic mass is 10.1. The van der Waals surface area contributed by atoms with E-state index >= 15 is 0 Å². The molecule has 0 bridgehead atoms. The lowest BCUT2D eigenvalue weighted by Gasteiger charge is -2.29. The van der Waals surface area contributed by atoms with E-state index in [1.54, 1.807) is 49.4 Å². The Morgan fingerprint density at radius 2 is 1.61 bits per heavy atom. The number of sulfonamides is 1. The molecule has 1 heterocycles. The first-order valence-electron chi connectivity index (χ1n) is 12.2. The molecule has 190 valence electrons. The molecular weight excluding hydrogens is 494 g/mol. The summed E-state index contributed by atoms with van der Waals surface area (Å²) in [5, 5.41) is 3.27. The van der Waals surface area contributed by atoms with Crippen LogP contribution >= 0.6 is 11.6 Å². The van der Waals surface area contributed by atoms with Crippen molar-refractivity contribution < 1.29 is 13.2 Å². The number of aryl methyl sites for hydroxylation is 2. The van der Waals surface area contributed by atoms with Crippen LogP contribution in [-0.4, -0.2) is 34.0 Å². The normalized spacial score (nSPS) is 13.9. The second-order valence-corrected chi connectivity index (χ2v) is 11.5. The molecule has 0 spiro atoms. The molecule has 0 aliphatic carbocycles. The molecule has 4 rings (SSSR count). The molecule has 1 amide bonds. The van der Waals surface area contributed by atoms with Crippen LogP contribution in [0, 0.1) is 13.8 Å². The Labute approximate surface area is 218 Å². The van der Waals surface area contributed by atoms with Crippen molar-refractivity contribution >= 4 is 38.9 Å². The van der Waals surface area contributed by atoms with Crippen LogP contribution in [0.15, 0.2) is 71.6 Å². The highest BCUT2D eigenvalue weighted by Gasteiger charge is 2.28. The molecule has 8 heteroatoms. The molecule has 1 saturated heterocycles. The molecule has 0 aromatic heterocycles. The van der Waals surface area contributed by atoms with Gasteiger partial charge in [0.25, 0.3) is 10.0 Å². The van der Waals surface area contributed by atoms with Gasteiger partial charge in [0.1, 0.15) is 6.54 Å². The Bertz CT molecular complexity index is 1300. The summed E-state index contributed by atoms with van der Waals surface area (Å²) in [6.07, 6.45) is 3.71. The number of rotatable bonds is 8. The molecule has 0 unspecified atom stereocenters. The van der Waals surface area contributed by atoms with Gasteiger partial charge in [-0.15, -0.1) is 0 Å². The molecule has 3 aromatic rings. The molecule has 0 saturated carbocycles. The van der Waals surface area contributed by atoms with E-state index in [0.29, 0.717) is 22.8 Å². The smallest absolute Gasteiger partial charge is 0.264 e. The first-order valence-corrected chi connectivity index (χ1v) is 14.0. The van der Waals surface area contributed by atoms with E-state index in [1.165, 1.54) is 24.9 Å². The van der Waals surface area contributed by atoms with Crippen molar-refractivity contribution in [1.29, 1.82) is 0 Å². The molecule has 0 atom stereocenters. The third kappa shape index (κ3) is 6.20. The summed E-state index contributed by atoms with van der Waals surface area (Å²) >= 11 is 6.20. The summed E-state index contributed by atoms with van der Waals surface area (Å²) in [5.41, 5.74) is 4.18. The molecule has 6 nitrogen and oxygen atoms in total. The Morgan fingerprint density at radius 3 is 2.28 bits per heavy atom. The van der Waals surface area contributed by atoms with Crippen LogP contribution in [0.25, 0.3) is 0 Å². The maximum Gasteiger partial charge on any atom is 0.264 e. The topological polar surface area (TPSA) is 69.7 Å². The number of carbonyl (C=O) groups excluding carboxylic acids is 1. The van der Waals surface area contributed by atoms with E-state index in [1.807, 2.05) is 19.1 Å². The van der Waals surface area contributed by atoms with Crippen LogP contribution in [0.3, 0.4) is 0 Å². The van der Waals surface area contributed by atoms with Crippen LogP contribution in [0.1, 0.15) is 36.0 Å². The monoisotopic (exact) mass is 525 g/mol. The third-order valence-corrected chi connectivity index (χ3v) is 8.49. The maximum absolute atomic E-state index is 13.6. The number of anilines is 2. The standard InChI is InChI=1S/C28H32ClN3O3S/c1-21-6-14-26(15-7-21)36(34,35)32(27-18-24(29)11-8-22(27)2)20-28(33)30-19-23-9-12-25(13-10-23)31-16-4-3-5-17-31/h6-15,18H,3-5,16-17,19-20H2,1-2H3,(H,30,33). The van der Waals surface area contributed by atoms with Crippen LogP contribution < -0.4 is 14.5 Å². The SMILES string of the molecule is Cc1ccc(S(=O)(=O)N(CC(=O)NCc2ccc(N3CCCCC3)cc2)c2cc(Cl)ccc2C)cc1. The van der Waals surface area contributed by atoms with E-state index in [0.717, 1.165) is 28.5 Å². The van der Waals surface area contributed by atoms with Gasteiger partial charge in [-0.1, -0.05) is 47.5 Å². The van der Waals surface area contributed by atoms with Gasteiger partial charge in [0.15, 0.2) is 0 Å². The highest BCUT2D eigenvalue weighted by atomic mass is 35.5. The largest absolute Gasteiger partial charge is 0.372 e. The number of hydrogen-bond acceptors (Lipinski definition) is 4. The second-order valence-electron chi connectivity index (χ2n) is 9.25. The van der Waals surface area contributed by atoms with Gasteiger partial charge < -0.3 is 10.2 Å². The van der Waals surface area contributed by atoms with E-state index in [-0.39, 0.29) is 11.4 Å². The minimum atomic E-state index is -4.00. The van der Waals surface area contributed by atoms with Crippen LogP contribution in [0.4, 0.5) is 11.4 Å². The maximum atomic E-state index is 13.6. The van der Waals surface area contributed by atoms with Gasteiger partial charge in [0.05, 0.1) is 10.6 Å². The molecule has 36 heavy (non-hydrogen) atoms. The zero-order chi connectivity index (χ0) is 25.7. The van der Waals surface area contributed by atoms with Gasteiger partial charge in [-0.3, -0.25) is 9.10 Å². The van der Waals surface area contributed by atoms with Gasteiger partial charge in [-0.2, -0.15) is 0 Å². The van der Waals surface area contributed by atoms with Crippen LogP contribution in [0.2, 0.25) is 5.02 Å². The van der Waals surface area contributed by atoms with E-state index in [9.17, 15) is 13.2 Å². The van der Waals surface area contributed by atoms with Gasteiger partial charge >= 0.3 is 0 Å². The Kier molecular flexibility index (Phi) is 8.21. The fourth-order valence-corrected chi connectivity index (χ4v) is 6.00. The summed E-state index contributed by atoms with van der Waals surface area (Å²) in [5.74, 6) is -0.398. The number of amides is 1. The zero-order valence-corrected chi connectivity index (χ0v) is 22.3. The summed E-state index contributed by atoms with van der Waals surface area (Å²) in [4.78, 5) is 15.5. The highest BCUT2D eigenvalue weighted by molar-refractivity contribution is 7.92. The third-order valence-electron chi connectivity index (χ3n) is 6.48. The van der Waals surface area contributed by atoms with Crippen molar-refractivity contribution in [3.8, 4) is 0 Å². The van der Waals surface area contributed by atoms with Crippen molar-refractivity contribution in [3.63, 3.8) is 0 Å². The number of nitrogens with one attached hydrogen (secondary N) is 1. The van der Waals surface area contributed by atoms with Crippen LogP contribution in [0.5, 0.6) is 0 Å². The first-order chi connectivity index (χ1) is 17.2. The quantitative estimate of drug-likeness (QED) is 0.424. The van der Waals surface area contributed by atoms with Gasteiger partial charge in [0, 0.05) is 30.3 Å². The minimum Gasteiger partial charge on any atom is -0.372 e. The number of nitrogens with zero attached hydrogens (tertiary/aromatic N) is 2. The van der Waals surface area contributed by atoms with E-state index < -0.39 is 15.9 Å². The fraction of sp³-hybridized carbons (Fsp3) is 0.321. The summed E-state index contributed by atoms with van der Waals surface area (Å²) in [6.45, 7) is 5.79. The summed E-state index contributed by atoms with van der Waals surface area (Å²) in [6, 6.07) is 19.8. The van der Waals surface area contributed by atoms with E-state index in [4.69, 9.17) is 11.6 Å². The first kappa shape index (κ1) is 26.0. The average Bonchev–Trinajstić information content (AvgIpc) is 2.88. The second kappa shape index (κ2) is 11.4. The predicted molar refractivity (Wildman–Crippen MR) is 146 cm³/mol.